The molecule has 32 heavy (non-hydrogen) atoms. The molecule has 0 atom stereocenters. The number of nitrogens with zero attached hydrogens (tertiary/aromatic N) is 3. The normalized spacial score (nSPS) is 13.4. The highest BCUT2D eigenvalue weighted by molar-refractivity contribution is 5.94. The Kier molecular flexibility index (Phi) is 7.12. The Hall–Kier alpha value is -3.43. The number of carbonyl (C=O) groups excluding carboxylic acids is 3. The molecule has 1 aromatic heterocycles. The van der Waals surface area contributed by atoms with Crippen molar-refractivity contribution >= 4 is 23.6 Å². The lowest BCUT2D eigenvalue weighted by molar-refractivity contribution is -0.115. The summed E-state index contributed by atoms with van der Waals surface area (Å²) in [4.78, 5) is 36.2. The van der Waals surface area contributed by atoms with Gasteiger partial charge in [-0.05, 0) is 64.3 Å². The average Bonchev–Trinajstić information content (AvgIpc) is 3.43. The predicted molar refractivity (Wildman–Crippen MR) is 119 cm³/mol. The Morgan fingerprint density at radius 2 is 1.84 bits per heavy atom. The van der Waals surface area contributed by atoms with Gasteiger partial charge in [0.2, 0.25) is 5.91 Å². The van der Waals surface area contributed by atoms with Gasteiger partial charge >= 0.3 is 6.09 Å². The molecule has 0 bridgehead atoms. The quantitative estimate of drug-likeness (QED) is 0.577. The van der Waals surface area contributed by atoms with Gasteiger partial charge in [0.15, 0.2) is 5.69 Å². The first-order valence-electron chi connectivity index (χ1n) is 10.8. The van der Waals surface area contributed by atoms with Gasteiger partial charge in [-0.2, -0.15) is 0 Å². The maximum atomic E-state index is 12.5. The van der Waals surface area contributed by atoms with Crippen LogP contribution in [0.4, 0.5) is 10.5 Å². The van der Waals surface area contributed by atoms with E-state index in [9.17, 15) is 14.4 Å². The zero-order valence-corrected chi connectivity index (χ0v) is 18.9. The van der Waals surface area contributed by atoms with Crippen LogP contribution in [-0.2, 0) is 16.0 Å². The minimum Gasteiger partial charge on any atom is -0.444 e. The number of benzene rings is 1. The molecule has 3 rings (SSSR count). The highest BCUT2D eigenvalue weighted by atomic mass is 16.6. The summed E-state index contributed by atoms with van der Waals surface area (Å²) in [7, 11) is 0. The molecule has 0 aliphatic heterocycles. The van der Waals surface area contributed by atoms with E-state index in [1.165, 1.54) is 0 Å². The smallest absolute Gasteiger partial charge is 0.408 e. The number of nitrogens with one attached hydrogen (secondary N) is 3. The molecule has 1 aliphatic carbocycles. The van der Waals surface area contributed by atoms with Gasteiger partial charge < -0.3 is 20.7 Å². The average molecular weight is 443 g/mol. The molecule has 3 N–H and O–H groups in total. The van der Waals surface area contributed by atoms with Gasteiger partial charge in [-0.25, -0.2) is 9.48 Å². The summed E-state index contributed by atoms with van der Waals surface area (Å²) >= 11 is 0. The Morgan fingerprint density at radius 1 is 1.16 bits per heavy atom. The molecule has 10 heteroatoms. The minimum absolute atomic E-state index is 0.191. The van der Waals surface area contributed by atoms with Crippen LogP contribution in [0.1, 0.15) is 63.1 Å². The van der Waals surface area contributed by atoms with Crippen molar-refractivity contribution in [3.63, 3.8) is 0 Å². The van der Waals surface area contributed by atoms with E-state index in [0.29, 0.717) is 17.8 Å². The lowest BCUT2D eigenvalue weighted by Crippen LogP contribution is -2.37. The van der Waals surface area contributed by atoms with Crippen molar-refractivity contribution in [2.75, 3.05) is 11.9 Å². The van der Waals surface area contributed by atoms with Gasteiger partial charge in [-0.1, -0.05) is 18.6 Å². The van der Waals surface area contributed by atoms with Crippen molar-refractivity contribution in [2.45, 2.75) is 65.0 Å². The second-order valence-electron chi connectivity index (χ2n) is 8.74. The number of alkyl carbamates (subject to hydrolysis) is 1. The van der Waals surface area contributed by atoms with Gasteiger partial charge in [-0.3, -0.25) is 9.59 Å². The van der Waals surface area contributed by atoms with Gasteiger partial charge in [0, 0.05) is 11.7 Å². The van der Waals surface area contributed by atoms with E-state index in [-0.39, 0.29) is 24.4 Å². The van der Waals surface area contributed by atoms with Crippen molar-refractivity contribution < 1.29 is 19.1 Å². The fourth-order valence-corrected chi connectivity index (χ4v) is 2.99. The summed E-state index contributed by atoms with van der Waals surface area (Å²) in [5, 5.41) is 16.4. The molecule has 1 heterocycles. The molecule has 10 nitrogen and oxygen atoms in total. The van der Waals surface area contributed by atoms with Crippen molar-refractivity contribution in [3.05, 3.63) is 35.7 Å². The summed E-state index contributed by atoms with van der Waals surface area (Å²) in [6, 6.07) is 7.26. The lowest BCUT2D eigenvalue weighted by atomic mass is 10.2. The number of amides is 3. The summed E-state index contributed by atoms with van der Waals surface area (Å²) < 4.78 is 6.76. The highest BCUT2D eigenvalue weighted by Crippen LogP contribution is 2.21. The standard InChI is InChI=1S/C22H30N6O4/c1-5-6-17-19(20(30)25-15-7-8-15)26-27-28(17)16-11-9-14(10-12-16)24-18(29)13-23-21(31)32-22(2,3)4/h9-12,15H,5-8,13H2,1-4H3,(H,23,31)(H,24,29)(H,25,30). The van der Waals surface area contributed by atoms with Crippen LogP contribution in [-0.4, -0.2) is 51.1 Å². The zero-order chi connectivity index (χ0) is 23.3. The first-order valence-corrected chi connectivity index (χ1v) is 10.8. The van der Waals surface area contributed by atoms with Gasteiger partial charge in [0.25, 0.3) is 5.91 Å². The van der Waals surface area contributed by atoms with E-state index in [4.69, 9.17) is 4.74 Å². The Morgan fingerprint density at radius 3 is 2.44 bits per heavy atom. The van der Waals surface area contributed by atoms with E-state index >= 15 is 0 Å². The molecule has 0 unspecified atom stereocenters. The summed E-state index contributed by atoms with van der Waals surface area (Å²) in [5.41, 5.74) is 1.77. The van der Waals surface area contributed by atoms with E-state index in [0.717, 1.165) is 30.6 Å². The number of hydrogen-bond donors (Lipinski definition) is 3. The number of rotatable bonds is 8. The summed E-state index contributed by atoms with van der Waals surface area (Å²) in [6.45, 7) is 7.07. The second-order valence-corrected chi connectivity index (χ2v) is 8.74. The maximum absolute atomic E-state index is 12.5. The predicted octanol–water partition coefficient (Wildman–Crippen LogP) is 2.58. The van der Waals surface area contributed by atoms with Crippen LogP contribution in [0, 0.1) is 0 Å². The topological polar surface area (TPSA) is 127 Å². The van der Waals surface area contributed by atoms with Crippen LogP contribution in [0.2, 0.25) is 0 Å². The Labute approximate surface area is 187 Å². The van der Waals surface area contributed by atoms with Crippen LogP contribution in [0.5, 0.6) is 0 Å². The van der Waals surface area contributed by atoms with E-state index in [1.54, 1.807) is 49.7 Å². The number of anilines is 1. The molecule has 1 fully saturated rings. The molecule has 0 radical (unpaired) electrons. The Bertz CT molecular complexity index is 973. The molecule has 0 saturated heterocycles. The van der Waals surface area contributed by atoms with Crippen LogP contribution in [0.15, 0.2) is 24.3 Å². The van der Waals surface area contributed by atoms with Crippen LogP contribution < -0.4 is 16.0 Å². The molecule has 172 valence electrons. The van der Waals surface area contributed by atoms with Crippen LogP contribution in [0.25, 0.3) is 5.69 Å². The van der Waals surface area contributed by atoms with E-state index in [2.05, 4.69) is 26.3 Å². The first-order chi connectivity index (χ1) is 15.2. The molecular formula is C22H30N6O4. The third-order valence-corrected chi connectivity index (χ3v) is 4.57. The second kappa shape index (κ2) is 9.80. The largest absolute Gasteiger partial charge is 0.444 e. The fraction of sp³-hybridized carbons (Fsp3) is 0.500. The van der Waals surface area contributed by atoms with Crippen LogP contribution >= 0.6 is 0 Å². The molecule has 1 aromatic carbocycles. The molecule has 3 amide bonds. The molecule has 2 aromatic rings. The molecular weight excluding hydrogens is 412 g/mol. The summed E-state index contributed by atoms with van der Waals surface area (Å²) in [5.74, 6) is -0.571. The fourth-order valence-electron chi connectivity index (χ4n) is 2.99. The molecule has 1 aliphatic rings. The van der Waals surface area contributed by atoms with Crippen molar-refractivity contribution in [3.8, 4) is 5.69 Å². The zero-order valence-electron chi connectivity index (χ0n) is 18.9. The lowest BCUT2D eigenvalue weighted by Gasteiger charge is -2.19. The minimum atomic E-state index is -0.654. The third-order valence-electron chi connectivity index (χ3n) is 4.57. The van der Waals surface area contributed by atoms with Gasteiger partial charge in [-0.15, -0.1) is 5.10 Å². The highest BCUT2D eigenvalue weighted by Gasteiger charge is 2.27. The van der Waals surface area contributed by atoms with Crippen molar-refractivity contribution in [1.29, 1.82) is 0 Å². The molecule has 1 saturated carbocycles. The van der Waals surface area contributed by atoms with Crippen LogP contribution in [0.3, 0.4) is 0 Å². The third kappa shape index (κ3) is 6.53. The SMILES string of the molecule is CCCc1c(C(=O)NC2CC2)nnn1-c1ccc(NC(=O)CNC(=O)OC(C)(C)C)cc1. The van der Waals surface area contributed by atoms with Gasteiger partial charge in [0.1, 0.15) is 12.1 Å². The number of ether oxygens (including phenoxy) is 1. The number of carbonyl (C=O) groups is 3. The maximum Gasteiger partial charge on any atom is 0.408 e. The summed E-state index contributed by atoms with van der Waals surface area (Å²) in [6.07, 6.45) is 2.86. The van der Waals surface area contributed by atoms with Crippen molar-refractivity contribution in [2.24, 2.45) is 0 Å². The Balaban J connectivity index is 1.62. The van der Waals surface area contributed by atoms with E-state index in [1.807, 2.05) is 6.92 Å². The molecule has 0 spiro atoms. The van der Waals surface area contributed by atoms with E-state index < -0.39 is 11.7 Å². The monoisotopic (exact) mass is 442 g/mol. The first kappa shape index (κ1) is 23.2. The number of aromatic nitrogens is 3. The van der Waals surface area contributed by atoms with Gasteiger partial charge in [0.05, 0.1) is 11.4 Å². The number of hydrogen-bond acceptors (Lipinski definition) is 6. The van der Waals surface area contributed by atoms with Crippen molar-refractivity contribution in [1.82, 2.24) is 25.6 Å².